The Hall–Kier alpha value is -4.06. The summed E-state index contributed by atoms with van der Waals surface area (Å²) in [6.07, 6.45) is 7.23. The summed E-state index contributed by atoms with van der Waals surface area (Å²) in [5.74, 6) is 0.443. The maximum Gasteiger partial charge on any atom is 0.337 e. The van der Waals surface area contributed by atoms with Crippen LogP contribution < -0.4 is 9.64 Å². The molecule has 2 atom stereocenters. The molecule has 1 fully saturated rings. The molecule has 1 unspecified atom stereocenters. The van der Waals surface area contributed by atoms with E-state index in [4.69, 9.17) is 29.3 Å². The molecular weight excluding hydrogens is 627 g/mol. The zero-order chi connectivity index (χ0) is 34.6. The van der Waals surface area contributed by atoms with Crippen LogP contribution in [0.25, 0.3) is 16.3 Å². The normalized spacial score (nSPS) is 16.1. The van der Waals surface area contributed by atoms with Gasteiger partial charge in [0.25, 0.3) is 0 Å². The van der Waals surface area contributed by atoms with Gasteiger partial charge in [-0.05, 0) is 66.0 Å². The van der Waals surface area contributed by atoms with Gasteiger partial charge in [-0.3, -0.25) is 0 Å². The first-order valence-corrected chi connectivity index (χ1v) is 17.2. The summed E-state index contributed by atoms with van der Waals surface area (Å²) in [6, 6.07) is 9.98. The first-order valence-electron chi connectivity index (χ1n) is 16.4. The van der Waals surface area contributed by atoms with Crippen molar-refractivity contribution >= 4 is 28.8 Å². The standard InChI is InChI=1S/C37H47N5O5S/c1-9-13-24(3)46-29-15-12-11-14-26(29)21-27-23-38-33(48-27)28-22-30-39-25(4)31(32(35(43)44)47-36(5,6)7)34(42(30)40-28)41-18-16-37(8,17-19-41)45-20-10-2/h9-12,14-15,22-24,32H,1-2,13,16-21H2,3-8H3,(H,43,44)/t24-,32?/m1/s1. The van der Waals surface area contributed by atoms with Gasteiger partial charge in [-0.2, -0.15) is 9.61 Å². The largest absolute Gasteiger partial charge is 0.490 e. The summed E-state index contributed by atoms with van der Waals surface area (Å²) in [4.78, 5) is 25.6. The van der Waals surface area contributed by atoms with Gasteiger partial charge in [-0.15, -0.1) is 24.5 Å². The number of hydrogen-bond acceptors (Lipinski definition) is 9. The van der Waals surface area contributed by atoms with Gasteiger partial charge < -0.3 is 24.2 Å². The van der Waals surface area contributed by atoms with Gasteiger partial charge in [-0.25, -0.2) is 14.8 Å². The van der Waals surface area contributed by atoms with E-state index in [0.29, 0.717) is 54.5 Å². The lowest BCUT2D eigenvalue weighted by atomic mass is 9.92. The number of hydrogen-bond donors (Lipinski definition) is 1. The Labute approximate surface area is 287 Å². The molecule has 48 heavy (non-hydrogen) atoms. The first-order chi connectivity index (χ1) is 22.8. The van der Waals surface area contributed by atoms with Crippen LogP contribution in [0.15, 0.2) is 61.8 Å². The molecule has 0 amide bonds. The van der Waals surface area contributed by atoms with E-state index in [0.717, 1.165) is 40.5 Å². The van der Waals surface area contributed by atoms with Gasteiger partial charge in [0.1, 0.15) is 22.3 Å². The molecule has 1 aliphatic rings. The summed E-state index contributed by atoms with van der Waals surface area (Å²) in [7, 11) is 0. The minimum Gasteiger partial charge on any atom is -0.490 e. The Morgan fingerprint density at radius 1 is 1.19 bits per heavy atom. The summed E-state index contributed by atoms with van der Waals surface area (Å²) < 4.78 is 20.3. The number of aliphatic carboxylic acids is 1. The molecule has 0 aliphatic carbocycles. The molecule has 256 valence electrons. The number of benzene rings is 1. The molecule has 1 aromatic carbocycles. The molecule has 3 aromatic heterocycles. The van der Waals surface area contributed by atoms with Crippen molar-refractivity contribution in [3.05, 3.63) is 83.5 Å². The number of piperidine rings is 1. The molecule has 10 nitrogen and oxygen atoms in total. The van der Waals surface area contributed by atoms with Gasteiger partial charge in [0, 0.05) is 48.8 Å². The third-order valence-electron chi connectivity index (χ3n) is 8.37. The molecule has 1 saturated heterocycles. The SMILES string of the molecule is C=CCOC1(C)CCN(c2c(C(OC(C)(C)C)C(=O)O)c(C)nc3cc(-c4ncc(Cc5ccccc5O[C@H](C)CC=C)s4)nn23)CC1. The zero-order valence-corrected chi connectivity index (χ0v) is 29.7. The van der Waals surface area contributed by atoms with Crippen molar-refractivity contribution in [1.82, 2.24) is 19.6 Å². The number of carboxylic acid groups (broad SMARTS) is 1. The number of aryl methyl sites for hydroxylation is 1. The quantitative estimate of drug-likeness (QED) is 0.135. The Kier molecular flexibility index (Phi) is 10.7. The van der Waals surface area contributed by atoms with Crippen LogP contribution in [0, 0.1) is 6.92 Å². The van der Waals surface area contributed by atoms with E-state index < -0.39 is 17.7 Å². The number of nitrogens with zero attached hydrogens (tertiary/aromatic N) is 5. The lowest BCUT2D eigenvalue weighted by molar-refractivity contribution is -0.160. The second-order valence-corrected chi connectivity index (χ2v) is 14.7. The van der Waals surface area contributed by atoms with Crippen molar-refractivity contribution in [2.45, 2.75) is 90.6 Å². The van der Waals surface area contributed by atoms with Gasteiger partial charge in [0.05, 0.1) is 29.5 Å². The molecule has 0 bridgehead atoms. The number of para-hydroxylation sites is 1. The van der Waals surface area contributed by atoms with E-state index in [-0.39, 0.29) is 11.7 Å². The third-order valence-corrected chi connectivity index (χ3v) is 9.39. The maximum absolute atomic E-state index is 12.8. The first kappa shape index (κ1) is 35.3. The molecular formula is C37H47N5O5S. The van der Waals surface area contributed by atoms with Crippen molar-refractivity contribution in [3.8, 4) is 16.5 Å². The number of aromatic nitrogens is 4. The van der Waals surface area contributed by atoms with Crippen LogP contribution >= 0.6 is 11.3 Å². The van der Waals surface area contributed by atoms with Crippen molar-refractivity contribution in [1.29, 1.82) is 0 Å². The van der Waals surface area contributed by atoms with Crippen LogP contribution in [0.2, 0.25) is 0 Å². The highest BCUT2D eigenvalue weighted by atomic mass is 32.1. The van der Waals surface area contributed by atoms with Crippen LogP contribution in [0.1, 0.15) is 81.7 Å². The molecule has 1 N–H and O–H groups in total. The van der Waals surface area contributed by atoms with Gasteiger partial charge in [-0.1, -0.05) is 30.4 Å². The lowest BCUT2D eigenvalue weighted by Crippen LogP contribution is -2.45. The summed E-state index contributed by atoms with van der Waals surface area (Å²) in [5.41, 5.74) is 2.43. The fourth-order valence-electron chi connectivity index (χ4n) is 5.97. The van der Waals surface area contributed by atoms with Crippen LogP contribution in [-0.2, 0) is 20.7 Å². The Balaban J connectivity index is 1.53. The van der Waals surface area contributed by atoms with Gasteiger partial charge >= 0.3 is 5.97 Å². The molecule has 0 spiro atoms. The number of fused-ring (bicyclic) bond motifs is 1. The highest BCUT2D eigenvalue weighted by Crippen LogP contribution is 2.39. The number of ether oxygens (including phenoxy) is 3. The van der Waals surface area contributed by atoms with E-state index in [1.54, 1.807) is 21.9 Å². The van der Waals surface area contributed by atoms with Crippen LogP contribution in [0.3, 0.4) is 0 Å². The Morgan fingerprint density at radius 2 is 1.92 bits per heavy atom. The number of carboxylic acids is 1. The van der Waals surface area contributed by atoms with Crippen LogP contribution in [0.5, 0.6) is 5.75 Å². The molecule has 4 aromatic rings. The molecule has 11 heteroatoms. The van der Waals surface area contributed by atoms with E-state index in [9.17, 15) is 9.90 Å². The highest BCUT2D eigenvalue weighted by molar-refractivity contribution is 7.15. The Bertz CT molecular complexity index is 1770. The van der Waals surface area contributed by atoms with Crippen LogP contribution in [0.4, 0.5) is 5.82 Å². The fourth-order valence-corrected chi connectivity index (χ4v) is 6.86. The van der Waals surface area contributed by atoms with Crippen molar-refractivity contribution in [3.63, 3.8) is 0 Å². The second-order valence-electron chi connectivity index (χ2n) is 13.6. The monoisotopic (exact) mass is 673 g/mol. The predicted octanol–water partition coefficient (Wildman–Crippen LogP) is 7.60. The van der Waals surface area contributed by atoms with Crippen molar-refractivity contribution in [2.75, 3.05) is 24.6 Å². The maximum atomic E-state index is 12.8. The molecule has 0 saturated carbocycles. The average molecular weight is 674 g/mol. The van der Waals surface area contributed by atoms with Gasteiger partial charge in [0.15, 0.2) is 11.8 Å². The van der Waals surface area contributed by atoms with E-state index in [2.05, 4.69) is 31.0 Å². The molecule has 5 rings (SSSR count). The minimum atomic E-state index is -1.24. The van der Waals surface area contributed by atoms with Crippen molar-refractivity contribution < 1.29 is 24.1 Å². The van der Waals surface area contributed by atoms with Gasteiger partial charge in [0.2, 0.25) is 0 Å². The smallest absolute Gasteiger partial charge is 0.337 e. The number of thiazole rings is 1. The summed E-state index contributed by atoms with van der Waals surface area (Å²) >= 11 is 1.57. The minimum absolute atomic E-state index is 0.0246. The van der Waals surface area contributed by atoms with E-state index >= 15 is 0 Å². The summed E-state index contributed by atoms with van der Waals surface area (Å²) in [5, 5.41) is 16.2. The van der Waals surface area contributed by atoms with E-state index in [1.165, 1.54) is 0 Å². The third kappa shape index (κ3) is 8.14. The number of carbonyl (C=O) groups is 1. The molecule has 0 radical (unpaired) electrons. The molecule has 4 heterocycles. The molecule has 1 aliphatic heterocycles. The second kappa shape index (κ2) is 14.6. The topological polar surface area (TPSA) is 111 Å². The fraction of sp³-hybridized carbons (Fsp3) is 0.459. The number of rotatable bonds is 14. The predicted molar refractivity (Wildman–Crippen MR) is 190 cm³/mol. The highest BCUT2D eigenvalue weighted by Gasteiger charge is 2.37. The Morgan fingerprint density at radius 3 is 2.58 bits per heavy atom. The van der Waals surface area contributed by atoms with Crippen LogP contribution in [-0.4, -0.2) is 67.7 Å². The zero-order valence-electron chi connectivity index (χ0n) is 28.9. The van der Waals surface area contributed by atoms with E-state index in [1.807, 2.05) is 71.2 Å². The summed E-state index contributed by atoms with van der Waals surface area (Å²) in [6.45, 7) is 20.9. The average Bonchev–Trinajstić information content (AvgIpc) is 3.66. The lowest BCUT2D eigenvalue weighted by Gasteiger charge is -2.41. The number of anilines is 1. The van der Waals surface area contributed by atoms with Crippen molar-refractivity contribution in [2.24, 2.45) is 0 Å².